The average Bonchev–Trinajstić information content (AvgIpc) is 3.16. The highest BCUT2D eigenvalue weighted by Gasteiger charge is 2.25. The van der Waals surface area contributed by atoms with Gasteiger partial charge in [-0.25, -0.2) is 4.99 Å². The highest BCUT2D eigenvalue weighted by molar-refractivity contribution is 9.10. The maximum Gasteiger partial charge on any atom is 0.264 e. The molecular weight excluding hydrogens is 618 g/mol. The van der Waals surface area contributed by atoms with Crippen LogP contribution < -0.4 is 14.8 Å². The molecule has 180 valence electrons. The summed E-state index contributed by atoms with van der Waals surface area (Å²) < 4.78 is 12.2. The van der Waals surface area contributed by atoms with Gasteiger partial charge < -0.3 is 14.8 Å². The van der Waals surface area contributed by atoms with Crippen molar-refractivity contribution >= 4 is 96.9 Å². The van der Waals surface area contributed by atoms with Crippen molar-refractivity contribution in [3.8, 4) is 11.5 Å². The number of nitrogens with one attached hydrogen (secondary N) is 1. The Morgan fingerprint density at radius 3 is 2.60 bits per heavy atom. The molecule has 0 unspecified atom stereocenters. The fraction of sp³-hybridized carbons (Fsp3) is 0.0833. The van der Waals surface area contributed by atoms with Gasteiger partial charge in [0.05, 0.1) is 27.7 Å². The van der Waals surface area contributed by atoms with E-state index in [1.807, 2.05) is 0 Å². The van der Waals surface area contributed by atoms with Gasteiger partial charge in [0.15, 0.2) is 16.7 Å². The van der Waals surface area contributed by atoms with Gasteiger partial charge in [-0.1, -0.05) is 74.5 Å². The van der Waals surface area contributed by atoms with Gasteiger partial charge in [-0.3, -0.25) is 4.79 Å². The lowest BCUT2D eigenvalue weighted by Gasteiger charge is -2.14. The predicted molar refractivity (Wildman–Crippen MR) is 149 cm³/mol. The second-order valence-corrected chi connectivity index (χ2v) is 10.6. The standard InChI is InChI=1S/C24H15BrCl4N2O3S/c1-33-19-7-13(15(25)10-20(19)34-11-12-5-6-14(26)9-17(12)28)8-21-23(32)31-24(35-21)30-18-4-2-3-16(27)22(18)29/h2-10H,11H2,1H3,(H,30,31,32)/b21-8+. The van der Waals surface area contributed by atoms with Crippen LogP contribution >= 0.6 is 74.1 Å². The Labute approximate surface area is 234 Å². The van der Waals surface area contributed by atoms with E-state index in [4.69, 9.17) is 55.9 Å². The Bertz CT molecular complexity index is 1380. The second-order valence-electron chi connectivity index (χ2n) is 7.10. The highest BCUT2D eigenvalue weighted by Crippen LogP contribution is 2.38. The molecule has 0 bridgehead atoms. The topological polar surface area (TPSA) is 59.9 Å². The van der Waals surface area contributed by atoms with Crippen molar-refractivity contribution in [2.45, 2.75) is 6.61 Å². The molecular formula is C24H15BrCl4N2O3S. The van der Waals surface area contributed by atoms with Crippen LogP contribution in [0, 0.1) is 0 Å². The molecule has 1 aliphatic rings. The SMILES string of the molecule is COc1cc(/C=C2/SC(=Nc3cccc(Cl)c3Cl)NC2=O)c(Br)cc1OCc1ccc(Cl)cc1Cl. The summed E-state index contributed by atoms with van der Waals surface area (Å²) in [6, 6.07) is 13.9. The predicted octanol–water partition coefficient (Wildman–Crippen LogP) is 8.54. The summed E-state index contributed by atoms with van der Waals surface area (Å²) in [5, 5.41) is 4.90. The van der Waals surface area contributed by atoms with E-state index in [0.717, 1.165) is 11.1 Å². The molecule has 3 aromatic rings. The van der Waals surface area contributed by atoms with Gasteiger partial charge in [-0.15, -0.1) is 0 Å². The minimum Gasteiger partial charge on any atom is -0.493 e. The molecule has 5 nitrogen and oxygen atoms in total. The summed E-state index contributed by atoms with van der Waals surface area (Å²) >= 11 is 29.2. The molecule has 11 heteroatoms. The zero-order valence-electron chi connectivity index (χ0n) is 17.9. The number of hydrogen-bond donors (Lipinski definition) is 1. The lowest BCUT2D eigenvalue weighted by molar-refractivity contribution is -0.115. The van der Waals surface area contributed by atoms with E-state index in [2.05, 4.69) is 26.2 Å². The Morgan fingerprint density at radius 1 is 1.06 bits per heavy atom. The lowest BCUT2D eigenvalue weighted by atomic mass is 10.1. The number of amides is 1. The van der Waals surface area contributed by atoms with Gasteiger partial charge in [-0.2, -0.15) is 0 Å². The average molecular weight is 633 g/mol. The summed E-state index contributed by atoms with van der Waals surface area (Å²) in [5.41, 5.74) is 1.97. The molecule has 1 aliphatic heterocycles. The molecule has 0 spiro atoms. The first kappa shape index (κ1) is 26.2. The van der Waals surface area contributed by atoms with Crippen LogP contribution in [0.1, 0.15) is 11.1 Å². The molecule has 0 saturated carbocycles. The third-order valence-corrected chi connectivity index (χ3v) is 7.76. The maximum atomic E-state index is 12.5. The quantitative estimate of drug-likeness (QED) is 0.277. The normalized spacial score (nSPS) is 15.5. The van der Waals surface area contributed by atoms with Crippen molar-refractivity contribution in [3.05, 3.63) is 89.1 Å². The van der Waals surface area contributed by atoms with Gasteiger partial charge in [0.2, 0.25) is 0 Å². The molecule has 1 heterocycles. The number of hydrogen-bond acceptors (Lipinski definition) is 5. The Hall–Kier alpha value is -1.87. The van der Waals surface area contributed by atoms with Crippen molar-refractivity contribution in [2.75, 3.05) is 7.11 Å². The monoisotopic (exact) mass is 630 g/mol. The van der Waals surface area contributed by atoms with Crippen molar-refractivity contribution in [1.82, 2.24) is 5.32 Å². The van der Waals surface area contributed by atoms with Crippen LogP contribution in [0.2, 0.25) is 20.1 Å². The molecule has 0 atom stereocenters. The molecule has 0 aromatic heterocycles. The minimum atomic E-state index is -0.282. The number of rotatable bonds is 6. The van der Waals surface area contributed by atoms with Crippen molar-refractivity contribution in [1.29, 1.82) is 0 Å². The Balaban J connectivity index is 1.56. The lowest BCUT2D eigenvalue weighted by Crippen LogP contribution is -2.19. The van der Waals surface area contributed by atoms with E-state index < -0.39 is 0 Å². The minimum absolute atomic E-state index is 0.226. The van der Waals surface area contributed by atoms with E-state index in [1.165, 1.54) is 11.8 Å². The van der Waals surface area contributed by atoms with Crippen LogP contribution in [-0.2, 0) is 11.4 Å². The Kier molecular flexibility index (Phi) is 8.58. The van der Waals surface area contributed by atoms with Crippen LogP contribution in [0.15, 0.2) is 62.9 Å². The molecule has 1 fully saturated rings. The highest BCUT2D eigenvalue weighted by atomic mass is 79.9. The van der Waals surface area contributed by atoms with Crippen LogP contribution in [0.4, 0.5) is 5.69 Å². The number of halogens is 5. The first-order chi connectivity index (χ1) is 16.7. The van der Waals surface area contributed by atoms with Gasteiger partial charge in [0.25, 0.3) is 5.91 Å². The number of methoxy groups -OCH3 is 1. The third-order valence-electron chi connectivity index (χ3n) is 4.77. The fourth-order valence-electron chi connectivity index (χ4n) is 3.04. The van der Waals surface area contributed by atoms with E-state index in [9.17, 15) is 4.79 Å². The Morgan fingerprint density at radius 2 is 1.86 bits per heavy atom. The zero-order chi connectivity index (χ0) is 25.1. The largest absolute Gasteiger partial charge is 0.493 e. The first-order valence-electron chi connectivity index (χ1n) is 9.93. The number of ether oxygens (including phenoxy) is 2. The van der Waals surface area contributed by atoms with Crippen molar-refractivity contribution < 1.29 is 14.3 Å². The number of nitrogens with zero attached hydrogens (tertiary/aromatic N) is 1. The molecule has 0 radical (unpaired) electrons. The van der Waals surface area contributed by atoms with Gasteiger partial charge in [0, 0.05) is 20.1 Å². The molecule has 1 N–H and O–H groups in total. The third kappa shape index (κ3) is 6.28. The van der Waals surface area contributed by atoms with E-state index in [-0.39, 0.29) is 12.5 Å². The molecule has 1 amide bonds. The number of amidine groups is 1. The van der Waals surface area contributed by atoms with Gasteiger partial charge in [-0.05, 0) is 59.8 Å². The molecule has 0 aliphatic carbocycles. The molecule has 1 saturated heterocycles. The number of benzene rings is 3. The van der Waals surface area contributed by atoms with Crippen LogP contribution in [0.3, 0.4) is 0 Å². The zero-order valence-corrected chi connectivity index (χ0v) is 23.3. The first-order valence-corrected chi connectivity index (χ1v) is 13.0. The van der Waals surface area contributed by atoms with E-state index in [0.29, 0.717) is 51.8 Å². The van der Waals surface area contributed by atoms with Crippen LogP contribution in [0.5, 0.6) is 11.5 Å². The van der Waals surface area contributed by atoms with Crippen LogP contribution in [0.25, 0.3) is 6.08 Å². The second kappa shape index (κ2) is 11.5. The summed E-state index contributed by atoms with van der Waals surface area (Å²) in [7, 11) is 1.54. The van der Waals surface area contributed by atoms with Gasteiger partial charge >= 0.3 is 0 Å². The summed E-state index contributed by atoms with van der Waals surface area (Å²) in [6.07, 6.45) is 1.73. The molecule has 4 rings (SSSR count). The van der Waals surface area contributed by atoms with E-state index in [1.54, 1.807) is 61.7 Å². The summed E-state index contributed by atoms with van der Waals surface area (Å²) in [6.45, 7) is 0.226. The van der Waals surface area contributed by atoms with Crippen LogP contribution in [-0.4, -0.2) is 18.2 Å². The van der Waals surface area contributed by atoms with E-state index >= 15 is 0 Å². The molecule has 3 aromatic carbocycles. The van der Waals surface area contributed by atoms with Gasteiger partial charge in [0.1, 0.15) is 6.61 Å². The smallest absolute Gasteiger partial charge is 0.264 e. The molecule has 35 heavy (non-hydrogen) atoms. The van der Waals surface area contributed by atoms with Crippen molar-refractivity contribution in [2.24, 2.45) is 4.99 Å². The fourth-order valence-corrected chi connectivity index (χ4v) is 5.10. The number of carbonyl (C=O) groups is 1. The number of carbonyl (C=O) groups excluding carboxylic acids is 1. The summed E-state index contributed by atoms with van der Waals surface area (Å²) in [4.78, 5) is 17.4. The summed E-state index contributed by atoms with van der Waals surface area (Å²) in [5.74, 6) is 0.720. The number of thioether (sulfide) groups is 1. The maximum absolute atomic E-state index is 12.5. The van der Waals surface area contributed by atoms with Crippen molar-refractivity contribution in [3.63, 3.8) is 0 Å². The number of aliphatic imine (C=N–C) groups is 1.